The topological polar surface area (TPSA) is 61.0 Å². The third-order valence-electron chi connectivity index (χ3n) is 4.56. The van der Waals surface area contributed by atoms with E-state index in [9.17, 15) is 10.1 Å². The van der Waals surface area contributed by atoms with Crippen molar-refractivity contribution in [1.82, 2.24) is 9.55 Å². The molecule has 5 heteroatoms. The molecule has 3 aromatic carbocycles. The first-order chi connectivity index (χ1) is 13.2. The summed E-state index contributed by atoms with van der Waals surface area (Å²) in [5.41, 5.74) is 4.16. The minimum atomic E-state index is -0.364. The molecule has 1 unspecified atom stereocenters. The van der Waals surface area contributed by atoms with E-state index in [4.69, 9.17) is 0 Å². The van der Waals surface area contributed by atoms with Crippen molar-refractivity contribution in [3.8, 4) is 11.1 Å². The summed E-state index contributed by atoms with van der Waals surface area (Å²) in [5, 5.41) is 11.3. The Hall–Kier alpha value is -3.73. The number of imidazole rings is 1. The molecule has 132 valence electrons. The molecule has 0 aliphatic heterocycles. The Morgan fingerprint density at radius 3 is 2.44 bits per heavy atom. The van der Waals surface area contributed by atoms with E-state index >= 15 is 0 Å². The molecule has 1 heterocycles. The van der Waals surface area contributed by atoms with Crippen LogP contribution in [0, 0.1) is 10.1 Å². The third kappa shape index (κ3) is 3.35. The maximum atomic E-state index is 11.3. The number of hydrogen-bond acceptors (Lipinski definition) is 3. The minimum Gasteiger partial charge on any atom is -0.326 e. The first-order valence-corrected chi connectivity index (χ1v) is 8.60. The quantitative estimate of drug-likeness (QED) is 0.370. The van der Waals surface area contributed by atoms with E-state index in [0.29, 0.717) is 0 Å². The Balaban J connectivity index is 1.92. The van der Waals surface area contributed by atoms with E-state index in [0.717, 1.165) is 22.3 Å². The molecule has 1 atom stereocenters. The van der Waals surface area contributed by atoms with Crippen LogP contribution < -0.4 is 0 Å². The Labute approximate surface area is 156 Å². The number of nitro benzene ring substituents is 1. The lowest BCUT2D eigenvalue weighted by Gasteiger charge is -2.22. The zero-order valence-corrected chi connectivity index (χ0v) is 14.5. The van der Waals surface area contributed by atoms with Crippen molar-refractivity contribution >= 4 is 5.69 Å². The molecule has 0 bridgehead atoms. The number of aromatic nitrogens is 2. The summed E-state index contributed by atoms with van der Waals surface area (Å²) in [4.78, 5) is 15.1. The maximum Gasteiger partial charge on any atom is 0.269 e. The highest BCUT2D eigenvalue weighted by atomic mass is 16.6. The zero-order valence-electron chi connectivity index (χ0n) is 14.5. The van der Waals surface area contributed by atoms with E-state index in [-0.39, 0.29) is 16.7 Å². The van der Waals surface area contributed by atoms with Crippen molar-refractivity contribution in [2.75, 3.05) is 0 Å². The van der Waals surface area contributed by atoms with Crippen molar-refractivity contribution in [2.24, 2.45) is 0 Å². The van der Waals surface area contributed by atoms with Gasteiger partial charge in [0.1, 0.15) is 0 Å². The zero-order chi connectivity index (χ0) is 18.6. The van der Waals surface area contributed by atoms with Gasteiger partial charge in [-0.1, -0.05) is 66.7 Å². The van der Waals surface area contributed by atoms with Gasteiger partial charge in [-0.15, -0.1) is 0 Å². The van der Waals surface area contributed by atoms with Gasteiger partial charge in [0, 0.05) is 24.5 Å². The molecule has 4 aromatic rings. The fourth-order valence-electron chi connectivity index (χ4n) is 3.36. The van der Waals surface area contributed by atoms with Crippen LogP contribution in [-0.2, 0) is 0 Å². The first-order valence-electron chi connectivity index (χ1n) is 8.60. The molecule has 0 radical (unpaired) electrons. The fraction of sp³-hybridized carbons (Fsp3) is 0.0455. The predicted molar refractivity (Wildman–Crippen MR) is 104 cm³/mol. The molecular weight excluding hydrogens is 338 g/mol. The average molecular weight is 355 g/mol. The molecular formula is C22H17N3O2. The Morgan fingerprint density at radius 2 is 1.70 bits per heavy atom. The number of nitro groups is 1. The molecule has 0 fully saturated rings. The van der Waals surface area contributed by atoms with E-state index in [1.807, 2.05) is 47.2 Å². The molecule has 0 aliphatic carbocycles. The Bertz CT molecular complexity index is 1060. The van der Waals surface area contributed by atoms with Gasteiger partial charge < -0.3 is 4.57 Å². The summed E-state index contributed by atoms with van der Waals surface area (Å²) in [7, 11) is 0. The van der Waals surface area contributed by atoms with Gasteiger partial charge >= 0.3 is 0 Å². The molecule has 0 aliphatic rings. The van der Waals surface area contributed by atoms with Crippen LogP contribution in [0.2, 0.25) is 0 Å². The van der Waals surface area contributed by atoms with Crippen LogP contribution in [-0.4, -0.2) is 14.5 Å². The highest BCUT2D eigenvalue weighted by molar-refractivity contribution is 5.69. The lowest BCUT2D eigenvalue weighted by Crippen LogP contribution is -2.12. The highest BCUT2D eigenvalue weighted by Crippen LogP contribution is 2.35. The molecule has 27 heavy (non-hydrogen) atoms. The highest BCUT2D eigenvalue weighted by Gasteiger charge is 2.21. The molecule has 1 aromatic heterocycles. The van der Waals surface area contributed by atoms with Crippen molar-refractivity contribution in [2.45, 2.75) is 6.04 Å². The van der Waals surface area contributed by atoms with Crippen LogP contribution in [0.3, 0.4) is 0 Å². The number of benzene rings is 3. The van der Waals surface area contributed by atoms with Crippen LogP contribution in [0.15, 0.2) is 97.6 Å². The smallest absolute Gasteiger partial charge is 0.269 e. The first kappa shape index (κ1) is 16.7. The lowest BCUT2D eigenvalue weighted by atomic mass is 9.90. The SMILES string of the molecule is O=[N+]([O-])c1cccc(C(c2ccccc2-c2ccccc2)n2ccnc2)c1. The second kappa shape index (κ2) is 7.25. The largest absolute Gasteiger partial charge is 0.326 e. The summed E-state index contributed by atoms with van der Waals surface area (Å²) >= 11 is 0. The van der Waals surface area contributed by atoms with E-state index in [2.05, 4.69) is 29.2 Å². The maximum absolute atomic E-state index is 11.3. The van der Waals surface area contributed by atoms with Crippen LogP contribution >= 0.6 is 0 Å². The van der Waals surface area contributed by atoms with Crippen molar-refractivity contribution < 1.29 is 4.92 Å². The monoisotopic (exact) mass is 355 g/mol. The van der Waals surface area contributed by atoms with Gasteiger partial charge in [-0.05, 0) is 22.3 Å². The van der Waals surface area contributed by atoms with Crippen LogP contribution in [0.4, 0.5) is 5.69 Å². The molecule has 0 saturated heterocycles. The number of hydrogen-bond donors (Lipinski definition) is 0. The molecule has 5 nitrogen and oxygen atoms in total. The van der Waals surface area contributed by atoms with Crippen molar-refractivity contribution in [3.05, 3.63) is 119 Å². The van der Waals surface area contributed by atoms with E-state index < -0.39 is 0 Å². The summed E-state index contributed by atoms with van der Waals surface area (Å²) in [6.07, 6.45) is 5.34. The fourth-order valence-corrected chi connectivity index (χ4v) is 3.36. The molecule has 0 N–H and O–H groups in total. The van der Waals surface area contributed by atoms with Crippen LogP contribution in [0.25, 0.3) is 11.1 Å². The van der Waals surface area contributed by atoms with Gasteiger partial charge in [-0.2, -0.15) is 0 Å². The van der Waals surface area contributed by atoms with Gasteiger partial charge in [0.2, 0.25) is 0 Å². The summed E-state index contributed by atoms with van der Waals surface area (Å²) < 4.78 is 1.97. The molecule has 0 saturated carbocycles. The van der Waals surface area contributed by atoms with E-state index in [1.54, 1.807) is 24.7 Å². The lowest BCUT2D eigenvalue weighted by molar-refractivity contribution is -0.384. The minimum absolute atomic E-state index is 0.0785. The van der Waals surface area contributed by atoms with E-state index in [1.165, 1.54) is 6.07 Å². The van der Waals surface area contributed by atoms with Crippen molar-refractivity contribution in [1.29, 1.82) is 0 Å². The van der Waals surface area contributed by atoms with Crippen molar-refractivity contribution in [3.63, 3.8) is 0 Å². The Morgan fingerprint density at radius 1 is 0.926 bits per heavy atom. The van der Waals surface area contributed by atoms with Gasteiger partial charge in [-0.3, -0.25) is 10.1 Å². The standard InChI is InChI=1S/C22H17N3O2/c26-25(27)19-10-6-9-18(15-19)22(24-14-13-23-16-24)21-12-5-4-11-20(21)17-7-2-1-3-8-17/h1-16,22H. The summed E-state index contributed by atoms with van der Waals surface area (Å²) in [6.45, 7) is 0. The normalized spacial score (nSPS) is 11.9. The van der Waals surface area contributed by atoms with Crippen LogP contribution in [0.1, 0.15) is 17.2 Å². The predicted octanol–water partition coefficient (Wildman–Crippen LogP) is 5.10. The Kier molecular flexibility index (Phi) is 4.49. The molecule has 4 rings (SSSR count). The van der Waals surface area contributed by atoms with Crippen LogP contribution in [0.5, 0.6) is 0 Å². The number of rotatable bonds is 5. The van der Waals surface area contributed by atoms with Gasteiger partial charge in [0.05, 0.1) is 17.3 Å². The molecule has 0 amide bonds. The summed E-state index contributed by atoms with van der Waals surface area (Å²) in [5.74, 6) is 0. The third-order valence-corrected chi connectivity index (χ3v) is 4.56. The second-order valence-corrected chi connectivity index (χ2v) is 6.22. The van der Waals surface area contributed by atoms with Gasteiger partial charge in [-0.25, -0.2) is 4.98 Å². The second-order valence-electron chi connectivity index (χ2n) is 6.22. The number of nitrogens with zero attached hydrogens (tertiary/aromatic N) is 3. The molecule has 0 spiro atoms. The van der Waals surface area contributed by atoms with Gasteiger partial charge in [0.25, 0.3) is 5.69 Å². The summed E-state index contributed by atoms with van der Waals surface area (Å²) in [6, 6.07) is 24.8. The van der Waals surface area contributed by atoms with Gasteiger partial charge in [0.15, 0.2) is 0 Å². The average Bonchev–Trinajstić information content (AvgIpc) is 3.24. The number of non-ortho nitro benzene ring substituents is 1.